The lowest BCUT2D eigenvalue weighted by molar-refractivity contribution is 0.0740. The second-order valence-corrected chi connectivity index (χ2v) is 8.01. The van der Waals surface area contributed by atoms with Crippen molar-refractivity contribution in [2.75, 3.05) is 36.4 Å². The van der Waals surface area contributed by atoms with Gasteiger partial charge in [-0.25, -0.2) is 9.97 Å². The van der Waals surface area contributed by atoms with Gasteiger partial charge in [0.2, 0.25) is 0 Å². The molecule has 4 rings (SSSR count). The fraction of sp³-hybridized carbons (Fsp3) is 0.476. The highest BCUT2D eigenvalue weighted by atomic mass is 35.5. The number of amides is 1. The van der Waals surface area contributed by atoms with E-state index in [1.54, 1.807) is 6.07 Å². The molecular formula is C21H26ClN5O. The van der Waals surface area contributed by atoms with Crippen molar-refractivity contribution in [3.63, 3.8) is 0 Å². The standard InChI is InChI=1S/C21H26ClN5O/c1-15-23-19(14-20(24-15)25-17-6-2-3-7-17)21(28)27-11-9-26(10-12-27)18-8-4-5-16(22)13-18/h4-5,8,13-14,17H,2-3,6-7,9-12H2,1H3,(H,23,24,25). The number of nitrogens with zero attached hydrogens (tertiary/aromatic N) is 4. The van der Waals surface area contributed by atoms with Crippen molar-refractivity contribution in [1.29, 1.82) is 0 Å². The van der Waals surface area contributed by atoms with Gasteiger partial charge in [-0.05, 0) is 38.0 Å². The number of hydrogen-bond donors (Lipinski definition) is 1. The van der Waals surface area contributed by atoms with E-state index in [2.05, 4.69) is 26.3 Å². The van der Waals surface area contributed by atoms with Crippen molar-refractivity contribution >= 4 is 29.0 Å². The Kier molecular flexibility index (Phi) is 5.67. The molecule has 1 saturated carbocycles. The Labute approximate surface area is 170 Å². The number of hydrogen-bond acceptors (Lipinski definition) is 5. The maximum absolute atomic E-state index is 13.0. The third-order valence-corrected chi connectivity index (χ3v) is 5.74. The minimum Gasteiger partial charge on any atom is -0.368 e. The predicted octanol–water partition coefficient (Wildman–Crippen LogP) is 3.76. The van der Waals surface area contributed by atoms with Crippen molar-refractivity contribution in [2.24, 2.45) is 0 Å². The van der Waals surface area contributed by atoms with Crippen molar-refractivity contribution < 1.29 is 4.79 Å². The topological polar surface area (TPSA) is 61.4 Å². The summed E-state index contributed by atoms with van der Waals surface area (Å²) in [7, 11) is 0. The number of benzene rings is 1. The van der Waals surface area contributed by atoms with Crippen molar-refractivity contribution in [1.82, 2.24) is 14.9 Å². The Morgan fingerprint density at radius 3 is 2.57 bits per heavy atom. The molecule has 0 spiro atoms. The van der Waals surface area contributed by atoms with Gasteiger partial charge in [-0.1, -0.05) is 30.5 Å². The first-order valence-corrected chi connectivity index (χ1v) is 10.4. The molecule has 0 bridgehead atoms. The smallest absolute Gasteiger partial charge is 0.272 e. The molecule has 0 unspecified atom stereocenters. The molecule has 2 fully saturated rings. The Morgan fingerprint density at radius 2 is 1.86 bits per heavy atom. The molecule has 2 aliphatic rings. The molecule has 2 aromatic rings. The molecule has 0 atom stereocenters. The molecule has 1 aliphatic carbocycles. The van der Waals surface area contributed by atoms with Crippen molar-refractivity contribution in [3.8, 4) is 0 Å². The summed E-state index contributed by atoms with van der Waals surface area (Å²) in [5, 5.41) is 4.20. The van der Waals surface area contributed by atoms with Gasteiger partial charge in [-0.3, -0.25) is 4.79 Å². The van der Waals surface area contributed by atoms with E-state index in [9.17, 15) is 4.79 Å². The summed E-state index contributed by atoms with van der Waals surface area (Å²) in [6.07, 6.45) is 4.84. The van der Waals surface area contributed by atoms with Gasteiger partial charge < -0.3 is 15.1 Å². The lowest BCUT2D eigenvalue weighted by Crippen LogP contribution is -2.49. The third-order valence-electron chi connectivity index (χ3n) is 5.50. The molecule has 1 aromatic carbocycles. The van der Waals surface area contributed by atoms with Crippen LogP contribution in [0.2, 0.25) is 5.02 Å². The van der Waals surface area contributed by atoms with Gasteiger partial charge in [0.15, 0.2) is 0 Å². The van der Waals surface area contributed by atoms with Crippen molar-refractivity contribution in [3.05, 3.63) is 46.9 Å². The zero-order valence-electron chi connectivity index (χ0n) is 16.2. The molecule has 2 heterocycles. The quantitative estimate of drug-likeness (QED) is 0.848. The Hall–Kier alpha value is -2.34. The number of aryl methyl sites for hydroxylation is 1. The second-order valence-electron chi connectivity index (χ2n) is 7.57. The van der Waals surface area contributed by atoms with E-state index in [1.807, 2.05) is 30.0 Å². The first-order valence-electron chi connectivity index (χ1n) is 10.0. The summed E-state index contributed by atoms with van der Waals surface area (Å²) in [4.78, 5) is 26.0. The van der Waals surface area contributed by atoms with Crippen molar-refractivity contribution in [2.45, 2.75) is 38.6 Å². The van der Waals surface area contributed by atoms with Gasteiger partial charge in [0.25, 0.3) is 5.91 Å². The molecule has 1 aromatic heterocycles. The van der Waals surface area contributed by atoms with Gasteiger partial charge in [-0.15, -0.1) is 0 Å². The number of aromatic nitrogens is 2. The van der Waals surface area contributed by atoms with Crippen LogP contribution in [0.4, 0.5) is 11.5 Å². The number of halogens is 1. The van der Waals surface area contributed by atoms with Crippen LogP contribution in [-0.4, -0.2) is 53.0 Å². The largest absolute Gasteiger partial charge is 0.368 e. The fourth-order valence-electron chi connectivity index (χ4n) is 4.03. The Morgan fingerprint density at radius 1 is 1.11 bits per heavy atom. The molecule has 6 nitrogen and oxygen atoms in total. The molecular weight excluding hydrogens is 374 g/mol. The fourth-order valence-corrected chi connectivity index (χ4v) is 4.22. The number of rotatable bonds is 4. The number of anilines is 2. The van der Waals surface area contributed by atoms with Gasteiger partial charge in [-0.2, -0.15) is 0 Å². The molecule has 148 valence electrons. The number of carbonyl (C=O) groups is 1. The molecule has 1 amide bonds. The number of piperazine rings is 1. The minimum absolute atomic E-state index is 0.0225. The van der Waals surface area contributed by atoms with E-state index in [0.717, 1.165) is 42.5 Å². The van der Waals surface area contributed by atoms with Crippen LogP contribution in [0.5, 0.6) is 0 Å². The predicted molar refractivity (Wildman–Crippen MR) is 112 cm³/mol. The van der Waals surface area contributed by atoms with E-state index in [-0.39, 0.29) is 5.91 Å². The third kappa shape index (κ3) is 4.38. The van der Waals surface area contributed by atoms with Gasteiger partial charge in [0, 0.05) is 49.0 Å². The van der Waals surface area contributed by atoms with E-state index in [4.69, 9.17) is 11.6 Å². The molecule has 1 aliphatic heterocycles. The average molecular weight is 400 g/mol. The highest BCUT2D eigenvalue weighted by Gasteiger charge is 2.24. The van der Waals surface area contributed by atoms with Crippen LogP contribution in [0.25, 0.3) is 0 Å². The van der Waals surface area contributed by atoms with E-state index in [1.165, 1.54) is 12.8 Å². The maximum atomic E-state index is 13.0. The molecule has 1 N–H and O–H groups in total. The van der Waals surface area contributed by atoms with Crippen LogP contribution in [0, 0.1) is 6.92 Å². The SMILES string of the molecule is Cc1nc(NC2CCCC2)cc(C(=O)N2CCN(c3cccc(Cl)c3)CC2)n1. The van der Waals surface area contributed by atoms with Crippen LogP contribution in [0.1, 0.15) is 42.0 Å². The van der Waals surface area contributed by atoms with E-state index >= 15 is 0 Å². The second kappa shape index (κ2) is 8.35. The van der Waals surface area contributed by atoms with E-state index < -0.39 is 0 Å². The first kappa shape index (κ1) is 19.0. The Bertz CT molecular complexity index is 844. The lowest BCUT2D eigenvalue weighted by Gasteiger charge is -2.36. The number of carbonyl (C=O) groups excluding carboxylic acids is 1. The summed E-state index contributed by atoms with van der Waals surface area (Å²) in [6.45, 7) is 4.74. The van der Waals surface area contributed by atoms with Crippen LogP contribution in [0.15, 0.2) is 30.3 Å². The van der Waals surface area contributed by atoms with Gasteiger partial charge in [0.1, 0.15) is 17.3 Å². The number of nitrogens with one attached hydrogen (secondary N) is 1. The normalized spacial score (nSPS) is 17.8. The maximum Gasteiger partial charge on any atom is 0.272 e. The molecule has 28 heavy (non-hydrogen) atoms. The monoisotopic (exact) mass is 399 g/mol. The summed E-state index contributed by atoms with van der Waals surface area (Å²) in [5.74, 6) is 1.37. The lowest BCUT2D eigenvalue weighted by atomic mass is 10.2. The highest BCUT2D eigenvalue weighted by Crippen LogP contribution is 2.23. The van der Waals surface area contributed by atoms with Crippen LogP contribution < -0.4 is 10.2 Å². The molecule has 1 saturated heterocycles. The van der Waals surface area contributed by atoms with Crippen LogP contribution in [-0.2, 0) is 0 Å². The van der Waals surface area contributed by atoms with E-state index in [0.29, 0.717) is 30.6 Å². The first-order chi connectivity index (χ1) is 13.6. The van der Waals surface area contributed by atoms with Gasteiger partial charge in [0.05, 0.1) is 0 Å². The van der Waals surface area contributed by atoms with Crippen LogP contribution in [0.3, 0.4) is 0 Å². The zero-order valence-corrected chi connectivity index (χ0v) is 17.0. The molecule has 0 radical (unpaired) electrons. The summed E-state index contributed by atoms with van der Waals surface area (Å²) < 4.78 is 0. The summed E-state index contributed by atoms with van der Waals surface area (Å²) >= 11 is 6.10. The zero-order chi connectivity index (χ0) is 19.5. The van der Waals surface area contributed by atoms with Gasteiger partial charge >= 0.3 is 0 Å². The van der Waals surface area contributed by atoms with Crippen LogP contribution >= 0.6 is 11.6 Å². The summed E-state index contributed by atoms with van der Waals surface area (Å²) in [5.41, 5.74) is 1.57. The molecule has 7 heteroatoms. The average Bonchev–Trinajstić information content (AvgIpc) is 3.20. The highest BCUT2D eigenvalue weighted by molar-refractivity contribution is 6.30. The summed E-state index contributed by atoms with van der Waals surface area (Å²) in [6, 6.07) is 10.1. The minimum atomic E-state index is -0.0225. The Balaban J connectivity index is 1.41.